The number of aromatic nitrogens is 2. The van der Waals surface area contributed by atoms with E-state index in [1.807, 2.05) is 0 Å². The van der Waals surface area contributed by atoms with Crippen LogP contribution in [0.3, 0.4) is 0 Å². The van der Waals surface area contributed by atoms with Gasteiger partial charge in [0.15, 0.2) is 0 Å². The summed E-state index contributed by atoms with van der Waals surface area (Å²) in [6.07, 6.45) is -4.73. The van der Waals surface area contributed by atoms with Crippen LogP contribution in [0.4, 0.5) is 17.6 Å². The number of aromatic hydroxyl groups is 1. The Balaban J connectivity index is 2.62. The van der Waals surface area contributed by atoms with Gasteiger partial charge in [-0.2, -0.15) is 18.2 Å². The maximum atomic E-state index is 13.2. The van der Waals surface area contributed by atoms with Crippen molar-refractivity contribution in [1.29, 1.82) is 0 Å². The smallest absolute Gasteiger partial charge is 0.416 e. The molecule has 2 N–H and O–H groups in total. The van der Waals surface area contributed by atoms with Gasteiger partial charge in [-0.05, 0) is 18.2 Å². The van der Waals surface area contributed by atoms with Crippen molar-refractivity contribution in [1.82, 2.24) is 9.97 Å². The fraction of sp³-hybridized carbons (Fsp3) is 0.0909. The normalized spacial score (nSPS) is 11.6. The predicted molar refractivity (Wildman–Crippen MR) is 56.9 cm³/mol. The highest BCUT2D eigenvalue weighted by molar-refractivity contribution is 5.57. The Hall–Kier alpha value is -2.38. The highest BCUT2D eigenvalue weighted by Crippen LogP contribution is 2.32. The number of halogens is 4. The van der Waals surface area contributed by atoms with Crippen molar-refractivity contribution >= 4 is 0 Å². The van der Waals surface area contributed by atoms with Crippen LogP contribution in [0.25, 0.3) is 11.4 Å². The molecule has 8 heteroatoms. The Morgan fingerprint density at radius 3 is 2.42 bits per heavy atom. The summed E-state index contributed by atoms with van der Waals surface area (Å²) in [4.78, 5) is 16.6. The van der Waals surface area contributed by atoms with Crippen LogP contribution in [0.2, 0.25) is 0 Å². The number of rotatable bonds is 1. The molecule has 0 radical (unpaired) electrons. The largest absolute Gasteiger partial charge is 0.493 e. The topological polar surface area (TPSA) is 66.0 Å². The van der Waals surface area contributed by atoms with Gasteiger partial charge in [0.1, 0.15) is 11.6 Å². The molecule has 0 saturated carbocycles. The van der Waals surface area contributed by atoms with Gasteiger partial charge in [-0.15, -0.1) is 0 Å². The second-order valence-electron chi connectivity index (χ2n) is 3.68. The molecular formula is C11H6F4N2O2. The van der Waals surface area contributed by atoms with E-state index >= 15 is 0 Å². The van der Waals surface area contributed by atoms with Crippen molar-refractivity contribution in [2.75, 3.05) is 0 Å². The summed E-state index contributed by atoms with van der Waals surface area (Å²) in [5, 5.41) is 9.11. The van der Waals surface area contributed by atoms with Crippen molar-refractivity contribution in [2.24, 2.45) is 0 Å². The van der Waals surface area contributed by atoms with E-state index in [1.165, 1.54) is 0 Å². The summed E-state index contributed by atoms with van der Waals surface area (Å²) in [6.45, 7) is 0. The number of aromatic amines is 1. The first kappa shape index (κ1) is 13.1. The average molecular weight is 274 g/mol. The van der Waals surface area contributed by atoms with E-state index in [9.17, 15) is 22.4 Å². The lowest BCUT2D eigenvalue weighted by Crippen LogP contribution is -2.09. The molecule has 0 amide bonds. The SMILES string of the molecule is O=c1cc(O)nc(-c2cc(F)cc(C(F)(F)F)c2)[nH]1. The Kier molecular flexibility index (Phi) is 3.01. The molecule has 1 aromatic carbocycles. The summed E-state index contributed by atoms with van der Waals surface area (Å²) in [5.41, 5.74) is -2.27. The van der Waals surface area contributed by atoms with Crippen LogP contribution in [0, 0.1) is 5.82 Å². The molecule has 0 aliphatic carbocycles. The van der Waals surface area contributed by atoms with Gasteiger partial charge in [0.25, 0.3) is 5.56 Å². The van der Waals surface area contributed by atoms with Crippen LogP contribution in [0.15, 0.2) is 29.1 Å². The number of nitrogens with zero attached hydrogens (tertiary/aromatic N) is 1. The lowest BCUT2D eigenvalue weighted by Gasteiger charge is -2.09. The molecule has 2 rings (SSSR count). The Morgan fingerprint density at radius 2 is 1.84 bits per heavy atom. The van der Waals surface area contributed by atoms with E-state index in [4.69, 9.17) is 5.11 Å². The van der Waals surface area contributed by atoms with Crippen molar-refractivity contribution in [3.8, 4) is 17.3 Å². The number of nitrogens with one attached hydrogen (secondary N) is 1. The molecule has 0 spiro atoms. The first-order valence-corrected chi connectivity index (χ1v) is 4.94. The van der Waals surface area contributed by atoms with Gasteiger partial charge in [0.05, 0.1) is 11.6 Å². The van der Waals surface area contributed by atoms with E-state index in [-0.39, 0.29) is 11.4 Å². The van der Waals surface area contributed by atoms with Gasteiger partial charge in [-0.3, -0.25) is 4.79 Å². The first-order valence-electron chi connectivity index (χ1n) is 4.94. The van der Waals surface area contributed by atoms with Gasteiger partial charge in [-0.25, -0.2) is 4.39 Å². The molecule has 0 atom stereocenters. The van der Waals surface area contributed by atoms with Crippen LogP contribution < -0.4 is 5.56 Å². The molecule has 1 heterocycles. The fourth-order valence-corrected chi connectivity index (χ4v) is 1.47. The van der Waals surface area contributed by atoms with Crippen LogP contribution >= 0.6 is 0 Å². The summed E-state index contributed by atoms with van der Waals surface area (Å²) in [5.74, 6) is -2.15. The molecule has 0 aliphatic heterocycles. The summed E-state index contributed by atoms with van der Waals surface area (Å²) in [6, 6.07) is 2.46. The monoisotopic (exact) mass is 274 g/mol. The van der Waals surface area contributed by atoms with Crippen molar-refractivity contribution < 1.29 is 22.7 Å². The minimum Gasteiger partial charge on any atom is -0.493 e. The minimum atomic E-state index is -4.73. The molecular weight excluding hydrogens is 268 g/mol. The van der Waals surface area contributed by atoms with Crippen molar-refractivity contribution in [2.45, 2.75) is 6.18 Å². The summed E-state index contributed by atoms with van der Waals surface area (Å²) >= 11 is 0. The number of H-pyrrole nitrogens is 1. The van der Waals surface area contributed by atoms with Gasteiger partial charge in [0, 0.05) is 5.56 Å². The molecule has 0 saturated heterocycles. The molecule has 1 aromatic heterocycles. The van der Waals surface area contributed by atoms with E-state index < -0.39 is 29.0 Å². The molecule has 100 valence electrons. The van der Waals surface area contributed by atoms with Crippen LogP contribution in [-0.4, -0.2) is 15.1 Å². The van der Waals surface area contributed by atoms with Crippen LogP contribution in [-0.2, 0) is 6.18 Å². The van der Waals surface area contributed by atoms with Gasteiger partial charge < -0.3 is 10.1 Å². The van der Waals surface area contributed by atoms with Crippen LogP contribution in [0.5, 0.6) is 5.88 Å². The summed E-state index contributed by atoms with van der Waals surface area (Å²) < 4.78 is 50.7. The van der Waals surface area contributed by atoms with E-state index in [0.717, 1.165) is 12.1 Å². The van der Waals surface area contributed by atoms with E-state index in [2.05, 4.69) is 9.97 Å². The third-order valence-electron chi connectivity index (χ3n) is 2.23. The number of hydrogen-bond acceptors (Lipinski definition) is 3. The highest BCUT2D eigenvalue weighted by Gasteiger charge is 2.31. The second-order valence-corrected chi connectivity index (χ2v) is 3.68. The fourth-order valence-electron chi connectivity index (χ4n) is 1.47. The Morgan fingerprint density at radius 1 is 1.16 bits per heavy atom. The number of hydrogen-bond donors (Lipinski definition) is 2. The van der Waals surface area contributed by atoms with Gasteiger partial charge in [0.2, 0.25) is 5.88 Å². The minimum absolute atomic E-state index is 0.291. The lowest BCUT2D eigenvalue weighted by molar-refractivity contribution is -0.137. The lowest BCUT2D eigenvalue weighted by atomic mass is 10.1. The molecule has 0 fully saturated rings. The maximum Gasteiger partial charge on any atom is 0.416 e. The maximum absolute atomic E-state index is 13.2. The Labute approximate surface area is 103 Å². The number of benzene rings is 1. The molecule has 0 unspecified atom stereocenters. The zero-order chi connectivity index (χ0) is 14.2. The standard InChI is InChI=1S/C11H6F4N2O2/c12-7-2-5(1-6(3-7)11(13,14)15)10-16-8(18)4-9(19)17-10/h1-4H,(H2,16,17,18,19). The van der Waals surface area contributed by atoms with Crippen molar-refractivity contribution in [3.05, 3.63) is 46.0 Å². The van der Waals surface area contributed by atoms with Gasteiger partial charge >= 0.3 is 6.18 Å². The molecule has 4 nitrogen and oxygen atoms in total. The molecule has 2 aromatic rings. The highest BCUT2D eigenvalue weighted by atomic mass is 19.4. The first-order chi connectivity index (χ1) is 8.75. The second kappa shape index (κ2) is 4.38. The molecule has 0 aliphatic rings. The molecule has 0 bridgehead atoms. The zero-order valence-electron chi connectivity index (χ0n) is 9.12. The van der Waals surface area contributed by atoms with Crippen LogP contribution in [0.1, 0.15) is 5.56 Å². The van der Waals surface area contributed by atoms with E-state index in [1.54, 1.807) is 0 Å². The van der Waals surface area contributed by atoms with E-state index in [0.29, 0.717) is 12.1 Å². The third-order valence-corrected chi connectivity index (χ3v) is 2.23. The van der Waals surface area contributed by atoms with Crippen molar-refractivity contribution in [3.63, 3.8) is 0 Å². The predicted octanol–water partition coefficient (Wildman–Crippen LogP) is 2.30. The quantitative estimate of drug-likeness (QED) is 0.784. The number of alkyl halides is 3. The summed E-state index contributed by atoms with van der Waals surface area (Å²) in [7, 11) is 0. The third kappa shape index (κ3) is 2.90. The zero-order valence-corrected chi connectivity index (χ0v) is 9.12. The van der Waals surface area contributed by atoms with Gasteiger partial charge in [-0.1, -0.05) is 0 Å². The Bertz CT molecular complexity index is 679. The average Bonchev–Trinajstić information content (AvgIpc) is 2.25. The molecule has 19 heavy (non-hydrogen) atoms.